The number of carboxylic acid groups (broad SMARTS) is 1. The van der Waals surface area contributed by atoms with Crippen LogP contribution >= 0.6 is 11.3 Å². The van der Waals surface area contributed by atoms with Gasteiger partial charge in [-0.2, -0.15) is 0 Å². The van der Waals surface area contributed by atoms with Crippen molar-refractivity contribution in [2.24, 2.45) is 0 Å². The maximum Gasteiger partial charge on any atom is 0.337 e. The number of anilines is 1. The van der Waals surface area contributed by atoms with E-state index >= 15 is 0 Å². The van der Waals surface area contributed by atoms with Crippen LogP contribution in [0.3, 0.4) is 0 Å². The van der Waals surface area contributed by atoms with E-state index in [1.165, 1.54) is 27.8 Å². The third kappa shape index (κ3) is 2.67. The highest BCUT2D eigenvalue weighted by atomic mass is 32.1. The zero-order valence-electron chi connectivity index (χ0n) is 11.0. The van der Waals surface area contributed by atoms with Crippen molar-refractivity contribution in [2.75, 3.05) is 5.32 Å². The molecule has 0 aliphatic heterocycles. The van der Waals surface area contributed by atoms with Gasteiger partial charge >= 0.3 is 5.97 Å². The van der Waals surface area contributed by atoms with Gasteiger partial charge in [0.25, 0.3) is 5.91 Å². The zero-order valence-corrected chi connectivity index (χ0v) is 11.8. The van der Waals surface area contributed by atoms with Gasteiger partial charge in [-0.3, -0.25) is 4.79 Å². The molecule has 0 unspecified atom stereocenters. The lowest BCUT2D eigenvalue weighted by Gasteiger charge is -2.07. The highest BCUT2D eigenvalue weighted by Gasteiger charge is 2.20. The van der Waals surface area contributed by atoms with E-state index in [0.717, 1.165) is 31.4 Å². The van der Waals surface area contributed by atoms with Crippen molar-refractivity contribution in [2.45, 2.75) is 19.3 Å². The molecule has 1 aromatic carbocycles. The van der Waals surface area contributed by atoms with E-state index in [-0.39, 0.29) is 17.2 Å². The molecule has 1 aromatic heterocycles. The molecule has 108 valence electrons. The number of fused-ring (bicyclic) bond motifs is 1. The van der Waals surface area contributed by atoms with Gasteiger partial charge in [-0.15, -0.1) is 11.3 Å². The number of hydrogen-bond acceptors (Lipinski definition) is 3. The molecule has 0 atom stereocenters. The molecule has 1 aliphatic carbocycles. The van der Waals surface area contributed by atoms with Gasteiger partial charge in [0, 0.05) is 4.88 Å². The van der Waals surface area contributed by atoms with E-state index in [1.54, 1.807) is 0 Å². The SMILES string of the molecule is O=C(Nc1ccc(F)cc1C(=O)O)c1cc2c(s1)CCC2. The molecule has 0 saturated heterocycles. The largest absolute Gasteiger partial charge is 0.478 e. The minimum atomic E-state index is -1.28. The maximum absolute atomic E-state index is 13.1. The van der Waals surface area contributed by atoms with Crippen LogP contribution in [0.15, 0.2) is 24.3 Å². The van der Waals surface area contributed by atoms with Gasteiger partial charge in [0.1, 0.15) is 5.82 Å². The van der Waals surface area contributed by atoms with Crippen molar-refractivity contribution in [3.05, 3.63) is 51.0 Å². The van der Waals surface area contributed by atoms with E-state index in [2.05, 4.69) is 5.32 Å². The van der Waals surface area contributed by atoms with E-state index in [4.69, 9.17) is 5.11 Å². The molecule has 0 spiro atoms. The summed E-state index contributed by atoms with van der Waals surface area (Å²) < 4.78 is 13.1. The lowest BCUT2D eigenvalue weighted by molar-refractivity contribution is 0.0697. The smallest absolute Gasteiger partial charge is 0.337 e. The number of halogens is 1. The molecule has 1 amide bonds. The molecule has 3 rings (SSSR count). The Morgan fingerprint density at radius 1 is 1.24 bits per heavy atom. The van der Waals surface area contributed by atoms with Gasteiger partial charge in [-0.1, -0.05) is 0 Å². The Kier molecular flexibility index (Phi) is 3.47. The van der Waals surface area contributed by atoms with Crippen molar-refractivity contribution in [3.63, 3.8) is 0 Å². The fraction of sp³-hybridized carbons (Fsp3) is 0.200. The minimum Gasteiger partial charge on any atom is -0.478 e. The number of carboxylic acids is 1. The number of aryl methyl sites for hydroxylation is 2. The normalized spacial score (nSPS) is 13.0. The second-order valence-electron chi connectivity index (χ2n) is 4.86. The van der Waals surface area contributed by atoms with Crippen LogP contribution < -0.4 is 5.32 Å². The molecule has 1 aliphatic rings. The number of carbonyl (C=O) groups excluding carboxylic acids is 1. The first kappa shape index (κ1) is 13.8. The Labute approximate surface area is 124 Å². The van der Waals surface area contributed by atoms with Crippen molar-refractivity contribution in [1.82, 2.24) is 0 Å². The van der Waals surface area contributed by atoms with Gasteiger partial charge in [0.15, 0.2) is 0 Å². The van der Waals surface area contributed by atoms with Gasteiger partial charge in [-0.25, -0.2) is 9.18 Å². The molecule has 0 radical (unpaired) electrons. The number of thiophene rings is 1. The summed E-state index contributed by atoms with van der Waals surface area (Å²) >= 11 is 1.43. The predicted octanol–water partition coefficient (Wildman–Crippen LogP) is 3.33. The number of carbonyl (C=O) groups is 2. The van der Waals surface area contributed by atoms with Crippen molar-refractivity contribution >= 4 is 28.9 Å². The predicted molar refractivity (Wildman–Crippen MR) is 77.7 cm³/mol. The summed E-state index contributed by atoms with van der Waals surface area (Å²) in [5.74, 6) is -2.29. The van der Waals surface area contributed by atoms with E-state index in [0.29, 0.717) is 4.88 Å². The summed E-state index contributed by atoms with van der Waals surface area (Å²) in [6.45, 7) is 0. The van der Waals surface area contributed by atoms with Crippen LogP contribution in [-0.4, -0.2) is 17.0 Å². The summed E-state index contributed by atoms with van der Waals surface area (Å²) in [5.41, 5.74) is 1.04. The Hall–Kier alpha value is -2.21. The minimum absolute atomic E-state index is 0.0995. The van der Waals surface area contributed by atoms with E-state index < -0.39 is 11.8 Å². The van der Waals surface area contributed by atoms with E-state index in [9.17, 15) is 14.0 Å². The fourth-order valence-electron chi connectivity index (χ4n) is 2.43. The molecule has 1 heterocycles. The molecular weight excluding hydrogens is 293 g/mol. The fourth-order valence-corrected chi connectivity index (χ4v) is 3.58. The second kappa shape index (κ2) is 5.29. The van der Waals surface area contributed by atoms with Gasteiger partial charge in [-0.05, 0) is 49.1 Å². The average molecular weight is 305 g/mol. The maximum atomic E-state index is 13.1. The molecule has 6 heteroatoms. The highest BCUT2D eigenvalue weighted by molar-refractivity contribution is 7.14. The zero-order chi connectivity index (χ0) is 15.0. The number of amides is 1. The number of nitrogens with one attached hydrogen (secondary N) is 1. The first-order chi connectivity index (χ1) is 10.0. The van der Waals surface area contributed by atoms with Crippen LogP contribution in [-0.2, 0) is 12.8 Å². The second-order valence-corrected chi connectivity index (χ2v) is 6.00. The van der Waals surface area contributed by atoms with Crippen LogP contribution in [0.25, 0.3) is 0 Å². The van der Waals surface area contributed by atoms with Crippen LogP contribution in [0.1, 0.15) is 36.9 Å². The molecule has 4 nitrogen and oxygen atoms in total. The molecular formula is C15H12FNO3S. The average Bonchev–Trinajstić information content (AvgIpc) is 3.01. The third-order valence-corrected chi connectivity index (χ3v) is 4.67. The Morgan fingerprint density at radius 3 is 2.76 bits per heavy atom. The van der Waals surface area contributed by atoms with Crippen molar-refractivity contribution in [3.8, 4) is 0 Å². The quantitative estimate of drug-likeness (QED) is 0.914. The Morgan fingerprint density at radius 2 is 2.05 bits per heavy atom. The monoisotopic (exact) mass is 305 g/mol. The van der Waals surface area contributed by atoms with Gasteiger partial charge in [0.2, 0.25) is 0 Å². The molecule has 21 heavy (non-hydrogen) atoms. The van der Waals surface area contributed by atoms with Crippen molar-refractivity contribution in [1.29, 1.82) is 0 Å². The molecule has 2 aromatic rings. The first-order valence-corrected chi connectivity index (χ1v) is 7.32. The highest BCUT2D eigenvalue weighted by Crippen LogP contribution is 2.31. The van der Waals surface area contributed by atoms with Gasteiger partial charge < -0.3 is 10.4 Å². The van der Waals surface area contributed by atoms with Crippen LogP contribution in [0.4, 0.5) is 10.1 Å². The number of rotatable bonds is 3. The summed E-state index contributed by atoms with van der Waals surface area (Å²) in [6, 6.07) is 5.13. The summed E-state index contributed by atoms with van der Waals surface area (Å²) in [4.78, 5) is 25.1. The number of hydrogen-bond donors (Lipinski definition) is 2. The van der Waals surface area contributed by atoms with Crippen molar-refractivity contribution < 1.29 is 19.1 Å². The number of benzene rings is 1. The first-order valence-electron chi connectivity index (χ1n) is 6.50. The lowest BCUT2D eigenvalue weighted by atomic mass is 10.1. The molecule has 0 saturated carbocycles. The van der Waals surface area contributed by atoms with E-state index in [1.807, 2.05) is 6.07 Å². The summed E-state index contributed by atoms with van der Waals surface area (Å²) in [7, 11) is 0. The summed E-state index contributed by atoms with van der Waals surface area (Å²) in [6.07, 6.45) is 3.09. The lowest BCUT2D eigenvalue weighted by Crippen LogP contribution is -2.14. The topological polar surface area (TPSA) is 66.4 Å². The Bertz CT molecular complexity index is 717. The van der Waals surface area contributed by atoms with Crippen LogP contribution in [0.2, 0.25) is 0 Å². The molecule has 2 N–H and O–H groups in total. The van der Waals surface area contributed by atoms with Crippen LogP contribution in [0.5, 0.6) is 0 Å². The van der Waals surface area contributed by atoms with Crippen LogP contribution in [0, 0.1) is 5.82 Å². The third-order valence-electron chi connectivity index (χ3n) is 3.43. The molecule has 0 bridgehead atoms. The molecule has 0 fully saturated rings. The standard InChI is InChI=1S/C15H12FNO3S/c16-9-4-5-11(10(7-9)15(19)20)17-14(18)13-6-8-2-1-3-12(8)21-13/h4-7H,1-3H2,(H,17,18)(H,19,20). The number of aromatic carboxylic acids is 1. The summed E-state index contributed by atoms with van der Waals surface area (Å²) in [5, 5.41) is 11.6. The Balaban J connectivity index is 1.86. The van der Waals surface area contributed by atoms with Gasteiger partial charge in [0.05, 0.1) is 16.1 Å².